The lowest BCUT2D eigenvalue weighted by molar-refractivity contribution is 0.278. The zero-order valence-electron chi connectivity index (χ0n) is 30.5. The molecule has 0 saturated carbocycles. The molecular formula is C54H34O2. The Morgan fingerprint density at radius 2 is 1.09 bits per heavy atom. The van der Waals surface area contributed by atoms with E-state index in [1.807, 2.05) is 0 Å². The van der Waals surface area contributed by atoms with Crippen molar-refractivity contribution in [2.45, 2.75) is 24.4 Å². The molecule has 0 fully saturated rings. The van der Waals surface area contributed by atoms with Crippen LogP contribution in [0.15, 0.2) is 180 Å². The predicted octanol–water partition coefficient (Wildman–Crippen LogP) is 14.2. The summed E-state index contributed by atoms with van der Waals surface area (Å²) in [5, 5.41) is 9.92. The van der Waals surface area contributed by atoms with E-state index in [9.17, 15) is 0 Å². The van der Waals surface area contributed by atoms with Crippen LogP contribution in [0.4, 0.5) is 0 Å². The molecule has 262 valence electrons. The molecule has 13 rings (SSSR count). The summed E-state index contributed by atoms with van der Waals surface area (Å²) in [6, 6.07) is 53.4. The van der Waals surface area contributed by atoms with Gasteiger partial charge in [-0.3, -0.25) is 0 Å². The van der Waals surface area contributed by atoms with Gasteiger partial charge in [0.05, 0.1) is 0 Å². The molecule has 3 aliphatic carbocycles. The molecule has 0 amide bonds. The first kappa shape index (κ1) is 30.4. The fourth-order valence-corrected chi connectivity index (χ4v) is 10.5. The second-order valence-electron chi connectivity index (χ2n) is 15.8. The van der Waals surface area contributed by atoms with Crippen LogP contribution in [0.25, 0.3) is 82.1 Å². The third-order valence-electron chi connectivity index (χ3n) is 13.0. The molecule has 9 aromatic rings. The van der Waals surface area contributed by atoms with Crippen LogP contribution in [0.2, 0.25) is 0 Å². The summed E-state index contributed by atoms with van der Waals surface area (Å²) in [5.74, 6) is 1.26. The third kappa shape index (κ3) is 4.11. The van der Waals surface area contributed by atoms with Gasteiger partial charge in [-0.05, 0) is 89.8 Å². The van der Waals surface area contributed by atoms with Crippen LogP contribution in [0.5, 0.6) is 5.75 Å². The number of fused-ring (bicyclic) bond motifs is 19. The first-order chi connectivity index (χ1) is 27.8. The maximum Gasteiger partial charge on any atom is 0.177 e. The van der Waals surface area contributed by atoms with Gasteiger partial charge >= 0.3 is 0 Å². The van der Waals surface area contributed by atoms with Crippen molar-refractivity contribution in [2.75, 3.05) is 0 Å². The Morgan fingerprint density at radius 3 is 1.91 bits per heavy atom. The number of para-hydroxylation sites is 1. The quantitative estimate of drug-likeness (QED) is 0.166. The molecule has 2 heteroatoms. The lowest BCUT2D eigenvalue weighted by atomic mass is 9.70. The van der Waals surface area contributed by atoms with Crippen molar-refractivity contribution in [1.82, 2.24) is 0 Å². The van der Waals surface area contributed by atoms with Crippen LogP contribution < -0.4 is 4.74 Å². The van der Waals surface area contributed by atoms with E-state index in [2.05, 4.69) is 176 Å². The maximum atomic E-state index is 7.08. The Labute approximate surface area is 324 Å². The van der Waals surface area contributed by atoms with E-state index in [4.69, 9.17) is 9.15 Å². The molecule has 3 atom stereocenters. The van der Waals surface area contributed by atoms with Crippen molar-refractivity contribution in [1.29, 1.82) is 0 Å². The number of rotatable bonds is 2. The Morgan fingerprint density at radius 1 is 0.446 bits per heavy atom. The molecule has 2 nitrogen and oxygen atoms in total. The molecule has 1 aromatic heterocycles. The summed E-state index contributed by atoms with van der Waals surface area (Å²) >= 11 is 0. The average molecular weight is 715 g/mol. The van der Waals surface area contributed by atoms with E-state index in [0.29, 0.717) is 5.92 Å². The summed E-state index contributed by atoms with van der Waals surface area (Å²) in [6.07, 6.45) is 12.2. The van der Waals surface area contributed by atoms with E-state index in [1.54, 1.807) is 0 Å². The molecule has 56 heavy (non-hydrogen) atoms. The predicted molar refractivity (Wildman–Crippen MR) is 232 cm³/mol. The molecule has 3 unspecified atom stereocenters. The molecular weight excluding hydrogens is 681 g/mol. The largest absolute Gasteiger partial charge is 0.480 e. The highest BCUT2D eigenvalue weighted by molar-refractivity contribution is 6.25. The van der Waals surface area contributed by atoms with E-state index in [0.717, 1.165) is 39.7 Å². The zero-order valence-corrected chi connectivity index (χ0v) is 30.5. The molecule has 2 heterocycles. The summed E-state index contributed by atoms with van der Waals surface area (Å²) in [7, 11) is 0. The first-order valence-corrected chi connectivity index (χ1v) is 19.7. The van der Waals surface area contributed by atoms with Gasteiger partial charge in [0.25, 0.3) is 0 Å². The van der Waals surface area contributed by atoms with Crippen molar-refractivity contribution in [3.8, 4) is 16.9 Å². The van der Waals surface area contributed by atoms with Crippen molar-refractivity contribution in [3.05, 3.63) is 204 Å². The average Bonchev–Trinajstić information content (AvgIpc) is 3.85. The van der Waals surface area contributed by atoms with E-state index in [-0.39, 0.29) is 12.0 Å². The normalized spacial score (nSPS) is 19.2. The minimum atomic E-state index is -0.142. The first-order valence-electron chi connectivity index (χ1n) is 19.7. The lowest BCUT2D eigenvalue weighted by Crippen LogP contribution is -2.21. The highest BCUT2D eigenvalue weighted by Crippen LogP contribution is 2.54. The minimum Gasteiger partial charge on any atom is -0.480 e. The Bertz CT molecular complexity index is 3290. The van der Waals surface area contributed by atoms with Gasteiger partial charge in [-0.2, -0.15) is 0 Å². The number of benzene rings is 8. The third-order valence-corrected chi connectivity index (χ3v) is 13.0. The summed E-state index contributed by atoms with van der Waals surface area (Å²) in [4.78, 5) is 0. The van der Waals surface area contributed by atoms with Crippen LogP contribution in [-0.4, -0.2) is 6.10 Å². The summed E-state index contributed by atoms with van der Waals surface area (Å²) in [5.41, 5.74) is 14.6. The molecule has 0 bridgehead atoms. The van der Waals surface area contributed by atoms with Gasteiger partial charge in [-0.15, -0.1) is 0 Å². The topological polar surface area (TPSA) is 22.4 Å². The van der Waals surface area contributed by atoms with Gasteiger partial charge in [-0.1, -0.05) is 164 Å². The molecule has 0 saturated heterocycles. The SMILES string of the molecule is C1=CC2c3ccc4c(oc5c(C6=CC=C7c8ccccc8-c8ccccc8C7C6)cccc54)c3OC2C(c2ccc3c4ccccc4c4ccccc4c3c2)=C1. The number of hydrogen-bond donors (Lipinski definition) is 0. The monoisotopic (exact) mass is 714 g/mol. The second kappa shape index (κ2) is 11.3. The van der Waals surface area contributed by atoms with Gasteiger partial charge in [-0.25, -0.2) is 0 Å². The van der Waals surface area contributed by atoms with Gasteiger partial charge in [0, 0.05) is 39.3 Å². The zero-order chi connectivity index (χ0) is 36.5. The van der Waals surface area contributed by atoms with Crippen molar-refractivity contribution in [3.63, 3.8) is 0 Å². The minimum absolute atomic E-state index is 0.102. The van der Waals surface area contributed by atoms with Crippen LogP contribution in [0.1, 0.15) is 46.1 Å². The number of hydrogen-bond acceptors (Lipinski definition) is 2. The number of allylic oxidation sites excluding steroid dienone is 6. The van der Waals surface area contributed by atoms with Crippen LogP contribution >= 0.6 is 0 Å². The molecule has 0 N–H and O–H groups in total. The van der Waals surface area contributed by atoms with Gasteiger partial charge in [0.2, 0.25) is 0 Å². The molecule has 0 radical (unpaired) electrons. The standard InChI is InChI=1S/C54H34O2/c1-3-15-39-35(11-1)37-13-5-7-17-41(37)49-29-31(23-25-43(39)49)33-19-9-21-45-47-27-28-48-46-22-10-20-34(52(46)56-54(48)53(47)55-51(33)45)32-24-26-44-40-16-4-2-12-36(40)38-14-6-8-18-42(38)50(44)30-32/h1-29,45,50-51H,30H2. The van der Waals surface area contributed by atoms with Gasteiger partial charge in [0.15, 0.2) is 11.3 Å². The van der Waals surface area contributed by atoms with Gasteiger partial charge in [0.1, 0.15) is 11.7 Å². The molecule has 4 aliphatic rings. The van der Waals surface area contributed by atoms with Crippen LogP contribution in [0.3, 0.4) is 0 Å². The highest BCUT2D eigenvalue weighted by atomic mass is 16.5. The van der Waals surface area contributed by atoms with Crippen molar-refractivity contribution < 1.29 is 9.15 Å². The Kier molecular flexibility index (Phi) is 6.15. The Hall–Kier alpha value is -6.90. The molecule has 1 aliphatic heterocycles. The fourth-order valence-electron chi connectivity index (χ4n) is 10.5. The van der Waals surface area contributed by atoms with E-state index in [1.165, 1.54) is 82.4 Å². The molecule has 0 spiro atoms. The van der Waals surface area contributed by atoms with Crippen molar-refractivity contribution >= 4 is 71.0 Å². The molecule has 8 aromatic carbocycles. The van der Waals surface area contributed by atoms with E-state index >= 15 is 0 Å². The smallest absolute Gasteiger partial charge is 0.177 e. The maximum absolute atomic E-state index is 7.08. The van der Waals surface area contributed by atoms with Crippen molar-refractivity contribution in [2.24, 2.45) is 0 Å². The van der Waals surface area contributed by atoms with Crippen LogP contribution in [0, 0.1) is 0 Å². The summed E-state index contributed by atoms with van der Waals surface area (Å²) in [6.45, 7) is 0. The Balaban J connectivity index is 0.910. The van der Waals surface area contributed by atoms with Gasteiger partial charge < -0.3 is 9.15 Å². The summed E-state index contributed by atoms with van der Waals surface area (Å²) < 4.78 is 14.1. The fraction of sp³-hybridized carbons (Fsp3) is 0.0741. The van der Waals surface area contributed by atoms with E-state index < -0.39 is 0 Å². The number of ether oxygens (including phenoxy) is 1. The second-order valence-corrected chi connectivity index (χ2v) is 15.8. The lowest BCUT2D eigenvalue weighted by Gasteiger charge is -2.33. The number of furan rings is 1. The van der Waals surface area contributed by atoms with Crippen LogP contribution in [-0.2, 0) is 0 Å². The highest BCUT2D eigenvalue weighted by Gasteiger charge is 2.39.